The summed E-state index contributed by atoms with van der Waals surface area (Å²) in [4.78, 5) is 12.5. The standard InChI is InChI=1S/C24H31ClN2O4S/c1-15-11-17(3)21(12-16(15)2)18(4)26-24(28)14-31-23-10-9-20(13-22(23)25)32(29,30)27-19-7-5-6-8-19/h9-13,18-19,27H,5-8,14H2,1-4H3,(H,26,28). The molecule has 0 saturated heterocycles. The van der Waals surface area contributed by atoms with Gasteiger partial charge in [0.25, 0.3) is 5.91 Å². The zero-order chi connectivity index (χ0) is 23.5. The van der Waals surface area contributed by atoms with Gasteiger partial charge in [0.2, 0.25) is 10.0 Å². The van der Waals surface area contributed by atoms with E-state index in [1.54, 1.807) is 0 Å². The molecule has 174 valence electrons. The first kappa shape index (κ1) is 24.6. The molecule has 8 heteroatoms. The predicted octanol–water partition coefficient (Wildman–Crippen LogP) is 4.74. The molecule has 32 heavy (non-hydrogen) atoms. The van der Waals surface area contributed by atoms with Crippen molar-refractivity contribution in [2.24, 2.45) is 0 Å². The van der Waals surface area contributed by atoms with Crippen LogP contribution in [0.15, 0.2) is 35.2 Å². The molecular weight excluding hydrogens is 448 g/mol. The lowest BCUT2D eigenvalue weighted by atomic mass is 9.96. The fraction of sp³-hybridized carbons (Fsp3) is 0.458. The number of benzene rings is 2. The fourth-order valence-corrected chi connectivity index (χ4v) is 5.68. The van der Waals surface area contributed by atoms with Crippen molar-refractivity contribution >= 4 is 27.5 Å². The molecule has 1 amide bonds. The number of hydrogen-bond acceptors (Lipinski definition) is 4. The topological polar surface area (TPSA) is 84.5 Å². The summed E-state index contributed by atoms with van der Waals surface area (Å²) in [6.07, 6.45) is 3.77. The molecule has 1 saturated carbocycles. The van der Waals surface area contributed by atoms with Crippen LogP contribution in [0.4, 0.5) is 0 Å². The highest BCUT2D eigenvalue weighted by Crippen LogP contribution is 2.28. The van der Waals surface area contributed by atoms with Crippen LogP contribution in [0.1, 0.15) is 60.9 Å². The highest BCUT2D eigenvalue weighted by atomic mass is 35.5. The third kappa shape index (κ3) is 6.03. The summed E-state index contributed by atoms with van der Waals surface area (Å²) in [6.45, 7) is 7.84. The van der Waals surface area contributed by atoms with Gasteiger partial charge in [-0.1, -0.05) is 36.6 Å². The van der Waals surface area contributed by atoms with E-state index in [-0.39, 0.29) is 40.3 Å². The molecule has 1 atom stereocenters. The summed E-state index contributed by atoms with van der Waals surface area (Å²) in [6, 6.07) is 8.28. The van der Waals surface area contributed by atoms with Gasteiger partial charge in [-0.25, -0.2) is 13.1 Å². The largest absolute Gasteiger partial charge is 0.482 e. The Bertz CT molecular complexity index is 1100. The molecular formula is C24H31ClN2O4S. The van der Waals surface area contributed by atoms with E-state index in [2.05, 4.69) is 29.1 Å². The smallest absolute Gasteiger partial charge is 0.258 e. The number of rotatable bonds is 8. The van der Waals surface area contributed by atoms with Crippen molar-refractivity contribution < 1.29 is 17.9 Å². The Morgan fingerprint density at radius 1 is 1.09 bits per heavy atom. The monoisotopic (exact) mass is 478 g/mol. The Morgan fingerprint density at radius 3 is 2.41 bits per heavy atom. The lowest BCUT2D eigenvalue weighted by Gasteiger charge is -2.19. The second kappa shape index (κ2) is 10.2. The Balaban J connectivity index is 1.59. The summed E-state index contributed by atoms with van der Waals surface area (Å²) < 4.78 is 33.4. The van der Waals surface area contributed by atoms with Crippen LogP contribution in [0, 0.1) is 20.8 Å². The Kier molecular flexibility index (Phi) is 7.85. The maximum Gasteiger partial charge on any atom is 0.258 e. The summed E-state index contributed by atoms with van der Waals surface area (Å²) in [5.74, 6) is -0.0255. The Morgan fingerprint density at radius 2 is 1.75 bits per heavy atom. The van der Waals surface area contributed by atoms with E-state index in [9.17, 15) is 13.2 Å². The second-order valence-electron chi connectivity index (χ2n) is 8.57. The number of ether oxygens (including phenoxy) is 1. The fourth-order valence-electron chi connectivity index (χ4n) is 4.05. The third-order valence-electron chi connectivity index (χ3n) is 5.98. The normalized spacial score (nSPS) is 15.5. The van der Waals surface area contributed by atoms with Gasteiger partial charge in [0, 0.05) is 6.04 Å². The number of amides is 1. The van der Waals surface area contributed by atoms with Crippen LogP contribution in [-0.2, 0) is 14.8 Å². The minimum absolute atomic E-state index is 0.0265. The average molecular weight is 479 g/mol. The van der Waals surface area contributed by atoms with Crippen molar-refractivity contribution in [2.75, 3.05) is 6.61 Å². The summed E-state index contributed by atoms with van der Waals surface area (Å²) in [7, 11) is -3.64. The lowest BCUT2D eigenvalue weighted by molar-refractivity contribution is -0.123. The third-order valence-corrected chi connectivity index (χ3v) is 7.79. The van der Waals surface area contributed by atoms with E-state index in [4.69, 9.17) is 16.3 Å². The van der Waals surface area contributed by atoms with Gasteiger partial charge >= 0.3 is 0 Å². The Hall–Kier alpha value is -2.09. The van der Waals surface area contributed by atoms with Crippen LogP contribution >= 0.6 is 11.6 Å². The minimum Gasteiger partial charge on any atom is -0.482 e. The molecule has 1 unspecified atom stereocenters. The van der Waals surface area contributed by atoms with Gasteiger partial charge in [-0.2, -0.15) is 0 Å². The van der Waals surface area contributed by atoms with E-state index in [1.165, 1.54) is 29.3 Å². The molecule has 1 aliphatic carbocycles. The molecule has 0 heterocycles. The van der Waals surface area contributed by atoms with E-state index in [0.717, 1.165) is 36.8 Å². The maximum atomic E-state index is 12.6. The van der Waals surface area contributed by atoms with Crippen molar-refractivity contribution in [3.8, 4) is 5.75 Å². The first-order valence-corrected chi connectivity index (χ1v) is 12.7. The maximum absolute atomic E-state index is 12.6. The van der Waals surface area contributed by atoms with Crippen molar-refractivity contribution in [3.63, 3.8) is 0 Å². The van der Waals surface area contributed by atoms with Crippen LogP contribution in [0.25, 0.3) is 0 Å². The molecule has 1 fully saturated rings. The number of carbonyl (C=O) groups excluding carboxylic acids is 1. The molecule has 6 nitrogen and oxygen atoms in total. The molecule has 0 bridgehead atoms. The van der Waals surface area contributed by atoms with Crippen molar-refractivity contribution in [2.45, 2.75) is 70.4 Å². The molecule has 1 aliphatic rings. The average Bonchev–Trinajstić information content (AvgIpc) is 3.21. The molecule has 0 spiro atoms. The van der Waals surface area contributed by atoms with Gasteiger partial charge in [-0.3, -0.25) is 4.79 Å². The van der Waals surface area contributed by atoms with Gasteiger partial charge in [0.1, 0.15) is 5.75 Å². The van der Waals surface area contributed by atoms with Gasteiger partial charge in [0.05, 0.1) is 16.0 Å². The highest BCUT2D eigenvalue weighted by molar-refractivity contribution is 7.89. The van der Waals surface area contributed by atoms with Gasteiger partial charge in [-0.05, 0) is 81.0 Å². The van der Waals surface area contributed by atoms with Crippen LogP contribution in [0.5, 0.6) is 5.75 Å². The second-order valence-corrected chi connectivity index (χ2v) is 10.7. The number of halogens is 1. The lowest BCUT2D eigenvalue weighted by Crippen LogP contribution is -2.32. The van der Waals surface area contributed by atoms with Crippen molar-refractivity contribution in [1.29, 1.82) is 0 Å². The number of aryl methyl sites for hydroxylation is 3. The summed E-state index contributed by atoms with van der Waals surface area (Å²) in [5.41, 5.74) is 4.57. The number of sulfonamides is 1. The summed E-state index contributed by atoms with van der Waals surface area (Å²) in [5, 5.41) is 3.08. The minimum atomic E-state index is -3.64. The SMILES string of the molecule is Cc1cc(C)c(C(C)NC(=O)COc2ccc(S(=O)(=O)NC3CCCC3)cc2Cl)cc1C. The van der Waals surface area contributed by atoms with Crippen LogP contribution in [0.2, 0.25) is 5.02 Å². The molecule has 2 N–H and O–H groups in total. The first-order valence-electron chi connectivity index (χ1n) is 10.9. The van der Waals surface area contributed by atoms with E-state index < -0.39 is 10.0 Å². The highest BCUT2D eigenvalue weighted by Gasteiger charge is 2.23. The van der Waals surface area contributed by atoms with Crippen molar-refractivity contribution in [1.82, 2.24) is 10.0 Å². The van der Waals surface area contributed by atoms with Crippen LogP contribution in [-0.4, -0.2) is 27.0 Å². The predicted molar refractivity (Wildman–Crippen MR) is 127 cm³/mol. The zero-order valence-electron chi connectivity index (χ0n) is 19.0. The van der Waals surface area contributed by atoms with Crippen molar-refractivity contribution in [3.05, 3.63) is 57.6 Å². The molecule has 2 aromatic carbocycles. The van der Waals surface area contributed by atoms with Crippen LogP contribution < -0.4 is 14.8 Å². The van der Waals surface area contributed by atoms with E-state index in [1.807, 2.05) is 20.8 Å². The Labute approximate surface area is 195 Å². The number of carbonyl (C=O) groups is 1. The molecule has 2 aromatic rings. The summed E-state index contributed by atoms with van der Waals surface area (Å²) >= 11 is 6.24. The van der Waals surface area contributed by atoms with Gasteiger partial charge in [0.15, 0.2) is 6.61 Å². The quantitative estimate of drug-likeness (QED) is 0.573. The van der Waals surface area contributed by atoms with Gasteiger partial charge < -0.3 is 10.1 Å². The molecule has 0 aromatic heterocycles. The first-order chi connectivity index (χ1) is 15.1. The zero-order valence-corrected chi connectivity index (χ0v) is 20.6. The van der Waals surface area contributed by atoms with E-state index in [0.29, 0.717) is 0 Å². The number of hydrogen-bond donors (Lipinski definition) is 2. The molecule has 3 rings (SSSR count). The number of nitrogens with one attached hydrogen (secondary N) is 2. The van der Waals surface area contributed by atoms with Gasteiger partial charge in [-0.15, -0.1) is 0 Å². The molecule has 0 aliphatic heterocycles. The molecule has 0 radical (unpaired) electrons. The van der Waals surface area contributed by atoms with E-state index >= 15 is 0 Å². The van der Waals surface area contributed by atoms with Crippen LogP contribution in [0.3, 0.4) is 0 Å².